The molecule has 1 unspecified atom stereocenters. The molecule has 3 fully saturated rings. The fourth-order valence-electron chi connectivity index (χ4n) is 6.60. The molecule has 1 aromatic carbocycles. The Hall–Kier alpha value is -3.23. The molecule has 2 saturated heterocycles. The molecule has 2 aromatic heterocycles. The number of imidazole rings is 1. The molecule has 0 bridgehead atoms. The van der Waals surface area contributed by atoms with Crippen LogP contribution in [0.25, 0.3) is 11.2 Å². The number of fused-ring (bicyclic) bond motifs is 1. The molecule has 13 heteroatoms. The standard InChI is InChI=1S/C30H37F3N6O4/c1-35(10-11-40)27(41)20-12-24(30(31,32)33)25-16-37(28(42)38(25)15-20)23-9-5-6-21(13-23)29(17-43-18-29)14-26-34-39(19-36(26)2)22-7-3-4-8-22/h5-6,9,12-13,15-16,22,26,34,40H,3-4,7-8,10-11,14,17-19H2,1-2H3. The number of hydrogen-bond donors (Lipinski definition) is 2. The van der Waals surface area contributed by atoms with Crippen LogP contribution in [0, 0.1) is 0 Å². The molecular weight excluding hydrogens is 565 g/mol. The van der Waals surface area contributed by atoms with Gasteiger partial charge in [0.25, 0.3) is 5.91 Å². The summed E-state index contributed by atoms with van der Waals surface area (Å²) in [6, 6.07) is 8.61. The van der Waals surface area contributed by atoms with Crippen LogP contribution in [0.2, 0.25) is 0 Å². The summed E-state index contributed by atoms with van der Waals surface area (Å²) < 4.78 is 50.2. The summed E-state index contributed by atoms with van der Waals surface area (Å²) in [7, 11) is 3.47. The van der Waals surface area contributed by atoms with Crippen molar-refractivity contribution < 1.29 is 27.8 Å². The Kier molecular flexibility index (Phi) is 7.88. The van der Waals surface area contributed by atoms with Gasteiger partial charge in [-0.3, -0.25) is 18.7 Å². The van der Waals surface area contributed by atoms with Gasteiger partial charge in [0, 0.05) is 37.4 Å². The second-order valence-electron chi connectivity index (χ2n) is 12.1. The first kappa shape index (κ1) is 29.8. The normalized spacial score (nSPS) is 21.5. The SMILES string of the molecule is CN(CCO)C(=O)c1cc(C(F)(F)F)c2cn(-c3cccc(C4(CC5NN(C6CCCC6)CN5C)COC4)c3)c(=O)n2c1. The Balaban J connectivity index is 1.34. The lowest BCUT2D eigenvalue weighted by molar-refractivity contribution is -0.136. The van der Waals surface area contributed by atoms with E-state index in [4.69, 9.17) is 9.84 Å². The van der Waals surface area contributed by atoms with Crippen molar-refractivity contribution in [1.29, 1.82) is 0 Å². The second kappa shape index (κ2) is 11.4. The van der Waals surface area contributed by atoms with Crippen molar-refractivity contribution in [2.45, 2.75) is 55.9 Å². The van der Waals surface area contributed by atoms with Gasteiger partial charge in [-0.15, -0.1) is 0 Å². The highest BCUT2D eigenvalue weighted by Gasteiger charge is 2.45. The highest BCUT2D eigenvalue weighted by molar-refractivity contribution is 5.94. The lowest BCUT2D eigenvalue weighted by atomic mass is 9.74. The summed E-state index contributed by atoms with van der Waals surface area (Å²) in [4.78, 5) is 29.8. The lowest BCUT2D eigenvalue weighted by Gasteiger charge is -2.44. The summed E-state index contributed by atoms with van der Waals surface area (Å²) in [6.07, 6.45) is 3.24. The van der Waals surface area contributed by atoms with Gasteiger partial charge < -0.3 is 14.7 Å². The number of pyridine rings is 1. The number of aliphatic hydroxyl groups excluding tert-OH is 1. The molecule has 2 N–H and O–H groups in total. The zero-order chi connectivity index (χ0) is 30.5. The highest BCUT2D eigenvalue weighted by Crippen LogP contribution is 2.39. The highest BCUT2D eigenvalue weighted by atomic mass is 19.4. The molecule has 0 spiro atoms. The molecule has 10 nitrogen and oxygen atoms in total. The molecule has 1 saturated carbocycles. The fraction of sp³-hybridized carbons (Fsp3) is 0.533. The molecule has 43 heavy (non-hydrogen) atoms. The first-order valence-electron chi connectivity index (χ1n) is 14.6. The number of halogens is 3. The minimum atomic E-state index is -4.81. The van der Waals surface area contributed by atoms with Crippen LogP contribution in [0.3, 0.4) is 0 Å². The number of rotatable bonds is 8. The van der Waals surface area contributed by atoms with E-state index in [1.165, 1.54) is 43.5 Å². The van der Waals surface area contributed by atoms with Crippen molar-refractivity contribution in [2.24, 2.45) is 0 Å². The van der Waals surface area contributed by atoms with E-state index in [1.807, 2.05) is 12.1 Å². The third kappa shape index (κ3) is 5.48. The van der Waals surface area contributed by atoms with Crippen LogP contribution < -0.4 is 11.1 Å². The van der Waals surface area contributed by atoms with Gasteiger partial charge in [0.2, 0.25) is 0 Å². The van der Waals surface area contributed by atoms with E-state index in [2.05, 4.69) is 22.4 Å². The zero-order valence-corrected chi connectivity index (χ0v) is 24.3. The molecule has 232 valence electrons. The third-order valence-corrected chi connectivity index (χ3v) is 9.17. The van der Waals surface area contributed by atoms with Crippen molar-refractivity contribution in [3.63, 3.8) is 0 Å². The Morgan fingerprint density at radius 1 is 1.19 bits per heavy atom. The van der Waals surface area contributed by atoms with E-state index in [-0.39, 0.29) is 35.8 Å². The maximum atomic E-state index is 14.2. The minimum Gasteiger partial charge on any atom is -0.395 e. The number of carbonyl (C=O) groups is 1. The number of amides is 1. The van der Waals surface area contributed by atoms with Crippen LogP contribution in [0.5, 0.6) is 0 Å². The van der Waals surface area contributed by atoms with Gasteiger partial charge in [-0.05, 0) is 50.1 Å². The van der Waals surface area contributed by atoms with Crippen LogP contribution in [0.1, 0.15) is 53.6 Å². The minimum absolute atomic E-state index is 0.0584. The van der Waals surface area contributed by atoms with Gasteiger partial charge >= 0.3 is 11.9 Å². The topological polar surface area (TPSA) is 94.7 Å². The number of hydrogen-bond acceptors (Lipinski definition) is 7. The average molecular weight is 603 g/mol. The molecule has 1 amide bonds. The van der Waals surface area contributed by atoms with Gasteiger partial charge in [0.1, 0.15) is 0 Å². The maximum Gasteiger partial charge on any atom is 0.418 e. The Bertz CT molecular complexity index is 1560. The van der Waals surface area contributed by atoms with E-state index in [0.717, 1.165) is 40.2 Å². The van der Waals surface area contributed by atoms with E-state index < -0.39 is 23.3 Å². The second-order valence-corrected chi connectivity index (χ2v) is 12.1. The summed E-state index contributed by atoms with van der Waals surface area (Å²) >= 11 is 0. The number of benzene rings is 1. The van der Waals surface area contributed by atoms with E-state index in [9.17, 15) is 22.8 Å². The first-order chi connectivity index (χ1) is 20.5. The molecule has 1 atom stereocenters. The molecule has 0 radical (unpaired) electrons. The number of likely N-dealkylation sites (N-methyl/N-ethyl adjacent to an activating group) is 1. The number of aliphatic hydroxyl groups is 1. The molecule has 3 aromatic rings. The van der Waals surface area contributed by atoms with Crippen LogP contribution in [0.15, 0.2) is 47.5 Å². The van der Waals surface area contributed by atoms with Gasteiger partial charge in [-0.25, -0.2) is 15.2 Å². The van der Waals surface area contributed by atoms with Crippen molar-refractivity contribution in [1.82, 2.24) is 29.2 Å². The zero-order valence-electron chi connectivity index (χ0n) is 24.3. The number of nitrogens with zero attached hydrogens (tertiary/aromatic N) is 5. The smallest absolute Gasteiger partial charge is 0.395 e. The quantitative estimate of drug-likeness (QED) is 0.410. The van der Waals surface area contributed by atoms with Crippen molar-refractivity contribution >= 4 is 11.4 Å². The average Bonchev–Trinajstić information content (AvgIpc) is 3.69. The summed E-state index contributed by atoms with van der Waals surface area (Å²) in [5, 5.41) is 11.5. The van der Waals surface area contributed by atoms with Gasteiger partial charge in [0.15, 0.2) is 0 Å². The molecule has 3 aliphatic rings. The van der Waals surface area contributed by atoms with Crippen molar-refractivity contribution in [3.05, 3.63) is 69.9 Å². The van der Waals surface area contributed by atoms with Crippen molar-refractivity contribution in [3.8, 4) is 5.69 Å². The van der Waals surface area contributed by atoms with Gasteiger partial charge in [-0.2, -0.15) is 13.2 Å². The molecule has 1 aliphatic carbocycles. The van der Waals surface area contributed by atoms with E-state index in [0.29, 0.717) is 24.9 Å². The molecule has 2 aliphatic heterocycles. The summed E-state index contributed by atoms with van der Waals surface area (Å²) in [5.74, 6) is -0.730. The molecule has 4 heterocycles. The summed E-state index contributed by atoms with van der Waals surface area (Å²) in [6.45, 7) is 1.44. The number of ether oxygens (including phenoxy) is 1. The summed E-state index contributed by atoms with van der Waals surface area (Å²) in [5.41, 5.74) is 2.30. The van der Waals surface area contributed by atoms with Crippen LogP contribution in [-0.4, -0.2) is 94.1 Å². The largest absolute Gasteiger partial charge is 0.418 e. The Labute approximate surface area is 247 Å². The third-order valence-electron chi connectivity index (χ3n) is 9.17. The van der Waals surface area contributed by atoms with Gasteiger partial charge in [0.05, 0.1) is 55.0 Å². The van der Waals surface area contributed by atoms with Crippen LogP contribution >= 0.6 is 0 Å². The van der Waals surface area contributed by atoms with Crippen molar-refractivity contribution in [2.75, 3.05) is 47.1 Å². The maximum absolute atomic E-state index is 14.2. The van der Waals surface area contributed by atoms with Gasteiger partial charge in [-0.1, -0.05) is 25.0 Å². The number of aromatic nitrogens is 2. The number of hydrazine groups is 1. The number of carbonyl (C=O) groups excluding carboxylic acids is 1. The van der Waals surface area contributed by atoms with E-state index >= 15 is 0 Å². The Morgan fingerprint density at radius 2 is 1.93 bits per heavy atom. The molecular formula is C30H37F3N6O4. The van der Waals surface area contributed by atoms with Crippen LogP contribution in [0.4, 0.5) is 13.2 Å². The van der Waals surface area contributed by atoms with E-state index in [1.54, 1.807) is 12.1 Å². The predicted molar refractivity (Wildman–Crippen MR) is 153 cm³/mol. The lowest BCUT2D eigenvalue weighted by Crippen LogP contribution is -2.53. The number of nitrogens with one attached hydrogen (secondary N) is 1. The van der Waals surface area contributed by atoms with Crippen LogP contribution in [-0.2, 0) is 16.3 Å². The predicted octanol–water partition coefficient (Wildman–Crippen LogP) is 2.81. The fourth-order valence-corrected chi connectivity index (χ4v) is 6.60. The monoisotopic (exact) mass is 602 g/mol. The molecule has 6 rings (SSSR count). The number of alkyl halides is 3. The Morgan fingerprint density at radius 3 is 2.58 bits per heavy atom. The first-order valence-corrected chi connectivity index (χ1v) is 14.6.